The molecule has 23 heavy (non-hydrogen) atoms. The first-order valence-corrected chi connectivity index (χ1v) is 8.99. The van der Waals surface area contributed by atoms with Crippen LogP contribution in [0, 0.1) is 0 Å². The summed E-state index contributed by atoms with van der Waals surface area (Å²) in [6.07, 6.45) is 12.2. The van der Waals surface area contributed by atoms with E-state index in [0.717, 1.165) is 31.3 Å². The van der Waals surface area contributed by atoms with Crippen LogP contribution in [-0.4, -0.2) is 24.5 Å². The van der Waals surface area contributed by atoms with Gasteiger partial charge in [0, 0.05) is 44.2 Å². The number of nitrogens with one attached hydrogen (secondary N) is 1. The molecule has 0 amide bonds. The number of anilines is 1. The second-order valence-electron chi connectivity index (χ2n) is 6.93. The fourth-order valence-corrected chi connectivity index (χ4v) is 3.94. The van der Waals surface area contributed by atoms with Crippen molar-refractivity contribution in [3.05, 3.63) is 23.3 Å². The summed E-state index contributed by atoms with van der Waals surface area (Å²) < 4.78 is 4.00. The largest absolute Gasteiger partial charge is 0.349 e. The van der Waals surface area contributed by atoms with Gasteiger partial charge in [0.05, 0.1) is 5.69 Å². The predicted molar refractivity (Wildman–Crippen MR) is 89.3 cm³/mol. The van der Waals surface area contributed by atoms with Crippen LogP contribution < -0.4 is 5.32 Å². The van der Waals surface area contributed by atoms with Gasteiger partial charge in [-0.1, -0.05) is 19.3 Å². The minimum atomic E-state index is 0.630. The molecular formula is C17H26N6. The zero-order valence-electron chi connectivity index (χ0n) is 14.0. The third kappa shape index (κ3) is 3.12. The molecule has 124 valence electrons. The Labute approximate surface area is 137 Å². The molecule has 0 atom stereocenters. The smallest absolute Gasteiger partial charge is 0.242 e. The molecule has 3 heterocycles. The maximum absolute atomic E-state index is 4.74. The molecule has 0 radical (unpaired) electrons. The van der Waals surface area contributed by atoms with E-state index in [1.54, 1.807) is 0 Å². The van der Waals surface area contributed by atoms with Gasteiger partial charge in [-0.15, -0.1) is 5.10 Å². The molecule has 1 saturated carbocycles. The zero-order valence-corrected chi connectivity index (χ0v) is 14.0. The second kappa shape index (κ2) is 6.34. The normalized spacial score (nSPS) is 18.8. The highest BCUT2D eigenvalue weighted by Crippen LogP contribution is 2.33. The summed E-state index contributed by atoms with van der Waals surface area (Å²) in [5.74, 6) is 2.52. The van der Waals surface area contributed by atoms with Crippen molar-refractivity contribution >= 4 is 5.95 Å². The van der Waals surface area contributed by atoms with Gasteiger partial charge in [-0.25, -0.2) is 4.68 Å². The summed E-state index contributed by atoms with van der Waals surface area (Å²) in [4.78, 5) is 4.63. The van der Waals surface area contributed by atoms with Crippen LogP contribution in [0.3, 0.4) is 0 Å². The quantitative estimate of drug-likeness (QED) is 0.942. The lowest BCUT2D eigenvalue weighted by atomic mass is 9.85. The fourth-order valence-electron chi connectivity index (χ4n) is 3.94. The molecule has 2 aromatic rings. The van der Waals surface area contributed by atoms with Gasteiger partial charge < -0.3 is 5.32 Å². The van der Waals surface area contributed by atoms with Crippen molar-refractivity contribution in [2.24, 2.45) is 7.05 Å². The first-order chi connectivity index (χ1) is 11.3. The number of hydrogen-bond acceptors (Lipinski definition) is 4. The Kier molecular flexibility index (Phi) is 4.06. The highest BCUT2D eigenvalue weighted by atomic mass is 15.4. The maximum atomic E-state index is 4.74. The van der Waals surface area contributed by atoms with Crippen molar-refractivity contribution in [2.75, 3.05) is 5.32 Å². The van der Waals surface area contributed by atoms with Gasteiger partial charge in [0.2, 0.25) is 5.95 Å². The third-order valence-electron chi connectivity index (χ3n) is 5.13. The van der Waals surface area contributed by atoms with E-state index in [1.165, 1.54) is 56.2 Å². The van der Waals surface area contributed by atoms with Crippen LogP contribution in [0.5, 0.6) is 0 Å². The van der Waals surface area contributed by atoms with Crippen molar-refractivity contribution in [1.29, 1.82) is 0 Å². The van der Waals surface area contributed by atoms with Gasteiger partial charge in [-0.2, -0.15) is 10.1 Å². The van der Waals surface area contributed by atoms with Crippen LogP contribution in [0.2, 0.25) is 0 Å². The van der Waals surface area contributed by atoms with Crippen LogP contribution in [-0.2, 0) is 26.6 Å². The molecule has 1 N–H and O–H groups in total. The molecule has 0 saturated heterocycles. The summed E-state index contributed by atoms with van der Waals surface area (Å²) in [5.41, 5.74) is 2.58. The Morgan fingerprint density at radius 2 is 2.00 bits per heavy atom. The summed E-state index contributed by atoms with van der Waals surface area (Å²) in [6.45, 7) is 1.77. The highest BCUT2D eigenvalue weighted by molar-refractivity contribution is 5.30. The topological polar surface area (TPSA) is 60.6 Å². The van der Waals surface area contributed by atoms with E-state index in [0.29, 0.717) is 5.92 Å². The number of aryl methyl sites for hydroxylation is 3. The first kappa shape index (κ1) is 14.7. The number of rotatable bonds is 4. The SMILES string of the molecule is Cn1cc(CNc2nc3n(n2)CCCC3)c(C2CCCCC2)n1. The van der Waals surface area contributed by atoms with Crippen molar-refractivity contribution in [1.82, 2.24) is 24.5 Å². The van der Waals surface area contributed by atoms with Crippen molar-refractivity contribution < 1.29 is 0 Å². The molecule has 1 aliphatic carbocycles. The minimum absolute atomic E-state index is 0.630. The Bertz CT molecular complexity index is 641. The molecule has 4 rings (SSSR count). The third-order valence-corrected chi connectivity index (χ3v) is 5.13. The molecule has 0 aromatic carbocycles. The summed E-state index contributed by atoms with van der Waals surface area (Å²) in [7, 11) is 2.02. The van der Waals surface area contributed by atoms with Crippen LogP contribution in [0.1, 0.15) is 67.9 Å². The Morgan fingerprint density at radius 3 is 2.83 bits per heavy atom. The van der Waals surface area contributed by atoms with E-state index in [1.807, 2.05) is 11.7 Å². The second-order valence-corrected chi connectivity index (χ2v) is 6.93. The molecule has 6 heteroatoms. The van der Waals surface area contributed by atoms with E-state index in [2.05, 4.69) is 26.3 Å². The average Bonchev–Trinajstić information content (AvgIpc) is 3.16. The number of hydrogen-bond donors (Lipinski definition) is 1. The molecular weight excluding hydrogens is 288 g/mol. The van der Waals surface area contributed by atoms with Gasteiger partial charge in [0.15, 0.2) is 0 Å². The van der Waals surface area contributed by atoms with E-state index in [9.17, 15) is 0 Å². The molecule has 0 unspecified atom stereocenters. The summed E-state index contributed by atoms with van der Waals surface area (Å²) in [6, 6.07) is 0. The average molecular weight is 314 g/mol. The molecule has 0 spiro atoms. The summed E-state index contributed by atoms with van der Waals surface area (Å²) in [5, 5.41) is 12.7. The zero-order chi connectivity index (χ0) is 15.6. The lowest BCUT2D eigenvalue weighted by Gasteiger charge is -2.20. The van der Waals surface area contributed by atoms with Gasteiger partial charge in [-0.05, 0) is 25.7 Å². The number of aromatic nitrogens is 5. The standard InChI is InChI=1S/C17H26N6/c1-22-12-14(16(20-22)13-7-3-2-4-8-13)11-18-17-19-15-9-5-6-10-23(15)21-17/h12-13H,2-11H2,1H3,(H,18,21). The Morgan fingerprint density at radius 1 is 1.13 bits per heavy atom. The van der Waals surface area contributed by atoms with Crippen LogP contribution in [0.15, 0.2) is 6.20 Å². The van der Waals surface area contributed by atoms with Crippen LogP contribution >= 0.6 is 0 Å². The lowest BCUT2D eigenvalue weighted by Crippen LogP contribution is -2.11. The number of nitrogens with zero attached hydrogens (tertiary/aromatic N) is 5. The van der Waals surface area contributed by atoms with Crippen LogP contribution in [0.25, 0.3) is 0 Å². The minimum Gasteiger partial charge on any atom is -0.349 e. The lowest BCUT2D eigenvalue weighted by molar-refractivity contribution is 0.432. The first-order valence-electron chi connectivity index (χ1n) is 8.99. The maximum Gasteiger partial charge on any atom is 0.242 e. The van der Waals surface area contributed by atoms with Crippen LogP contribution in [0.4, 0.5) is 5.95 Å². The van der Waals surface area contributed by atoms with E-state index < -0.39 is 0 Å². The molecule has 1 aliphatic heterocycles. The fraction of sp³-hybridized carbons (Fsp3) is 0.706. The van der Waals surface area contributed by atoms with Gasteiger partial charge in [0.1, 0.15) is 5.82 Å². The molecule has 2 aromatic heterocycles. The van der Waals surface area contributed by atoms with E-state index >= 15 is 0 Å². The molecule has 6 nitrogen and oxygen atoms in total. The number of fused-ring (bicyclic) bond motifs is 1. The summed E-state index contributed by atoms with van der Waals surface area (Å²) >= 11 is 0. The Balaban J connectivity index is 1.47. The van der Waals surface area contributed by atoms with Gasteiger partial charge >= 0.3 is 0 Å². The molecule has 2 aliphatic rings. The van der Waals surface area contributed by atoms with Gasteiger partial charge in [0.25, 0.3) is 0 Å². The van der Waals surface area contributed by atoms with E-state index in [-0.39, 0.29) is 0 Å². The van der Waals surface area contributed by atoms with Gasteiger partial charge in [-0.3, -0.25) is 4.68 Å². The molecule has 1 fully saturated rings. The van der Waals surface area contributed by atoms with Crippen molar-refractivity contribution in [3.8, 4) is 0 Å². The molecule has 0 bridgehead atoms. The van der Waals surface area contributed by atoms with Crippen molar-refractivity contribution in [3.63, 3.8) is 0 Å². The Hall–Kier alpha value is -1.85. The highest BCUT2D eigenvalue weighted by Gasteiger charge is 2.22. The monoisotopic (exact) mass is 314 g/mol. The van der Waals surface area contributed by atoms with E-state index in [4.69, 9.17) is 5.10 Å². The predicted octanol–water partition coefficient (Wildman–Crippen LogP) is 3.01. The van der Waals surface area contributed by atoms with Crippen molar-refractivity contribution in [2.45, 2.75) is 70.4 Å².